The SMILES string of the molecule is COc1cccc2c1c(-c1c(Cl)cccc1S(N)(=O)=O)nn2Cc1cccc(CN)c1. The van der Waals surface area contributed by atoms with E-state index in [0.717, 1.165) is 16.6 Å². The van der Waals surface area contributed by atoms with Crippen molar-refractivity contribution < 1.29 is 13.2 Å². The standard InChI is InChI=1S/C22H21ClN4O3S/c1-30-18-9-4-8-17-21(18)22(20-16(23)7-3-10-19(20)31(25,28)29)26-27(17)13-15-6-2-5-14(11-15)12-24/h2-11H,12-13,24H2,1H3,(H2,25,28,29). The molecule has 0 unspecified atom stereocenters. The Kier molecular flexibility index (Phi) is 5.72. The highest BCUT2D eigenvalue weighted by atomic mass is 35.5. The molecule has 0 spiro atoms. The van der Waals surface area contributed by atoms with E-state index >= 15 is 0 Å². The van der Waals surface area contributed by atoms with Gasteiger partial charge in [-0.1, -0.05) is 48.0 Å². The fraction of sp³-hybridized carbons (Fsp3) is 0.136. The number of methoxy groups -OCH3 is 1. The lowest BCUT2D eigenvalue weighted by Crippen LogP contribution is -2.13. The largest absolute Gasteiger partial charge is 0.496 e. The van der Waals surface area contributed by atoms with Crippen LogP contribution in [0.2, 0.25) is 5.02 Å². The number of hydrogen-bond donors (Lipinski definition) is 2. The molecule has 0 fully saturated rings. The molecule has 0 aliphatic carbocycles. The van der Waals surface area contributed by atoms with Gasteiger partial charge < -0.3 is 10.5 Å². The molecular formula is C22H21ClN4O3S. The second kappa shape index (κ2) is 8.32. The van der Waals surface area contributed by atoms with Gasteiger partial charge in [0.25, 0.3) is 0 Å². The Balaban J connectivity index is 2.00. The number of hydrogen-bond acceptors (Lipinski definition) is 5. The Morgan fingerprint density at radius 2 is 1.77 bits per heavy atom. The minimum absolute atomic E-state index is 0.0948. The first-order chi connectivity index (χ1) is 14.8. The summed E-state index contributed by atoms with van der Waals surface area (Å²) in [6.45, 7) is 0.886. The van der Waals surface area contributed by atoms with Crippen molar-refractivity contribution in [1.82, 2.24) is 9.78 Å². The average molecular weight is 457 g/mol. The lowest BCUT2D eigenvalue weighted by Gasteiger charge is -2.09. The highest BCUT2D eigenvalue weighted by molar-refractivity contribution is 7.89. The zero-order valence-corrected chi connectivity index (χ0v) is 18.3. The number of aromatic nitrogens is 2. The van der Waals surface area contributed by atoms with Crippen LogP contribution in [0, 0.1) is 0 Å². The van der Waals surface area contributed by atoms with E-state index in [1.54, 1.807) is 30.0 Å². The van der Waals surface area contributed by atoms with Crippen molar-refractivity contribution in [1.29, 1.82) is 0 Å². The summed E-state index contributed by atoms with van der Waals surface area (Å²) < 4.78 is 31.9. The molecule has 1 aromatic heterocycles. The second-order valence-corrected chi connectivity index (χ2v) is 8.98. The molecule has 0 atom stereocenters. The summed E-state index contributed by atoms with van der Waals surface area (Å²) in [6, 6.07) is 18.0. The molecular weight excluding hydrogens is 436 g/mol. The number of benzene rings is 3. The van der Waals surface area contributed by atoms with Crippen LogP contribution in [0.15, 0.2) is 65.6 Å². The number of halogens is 1. The molecule has 9 heteroatoms. The summed E-state index contributed by atoms with van der Waals surface area (Å²) in [6.07, 6.45) is 0. The summed E-state index contributed by atoms with van der Waals surface area (Å²) in [5.74, 6) is 0.551. The second-order valence-electron chi connectivity index (χ2n) is 7.04. The van der Waals surface area contributed by atoms with Crippen molar-refractivity contribution in [2.75, 3.05) is 7.11 Å². The van der Waals surface area contributed by atoms with Gasteiger partial charge in [0, 0.05) is 12.1 Å². The predicted molar refractivity (Wildman–Crippen MR) is 122 cm³/mol. The molecule has 0 aliphatic heterocycles. The monoisotopic (exact) mass is 456 g/mol. The Morgan fingerprint density at radius 1 is 1.06 bits per heavy atom. The number of nitrogens with zero attached hydrogens (tertiary/aromatic N) is 2. The molecule has 31 heavy (non-hydrogen) atoms. The molecule has 0 radical (unpaired) electrons. The zero-order chi connectivity index (χ0) is 22.2. The average Bonchev–Trinajstić information content (AvgIpc) is 3.11. The Morgan fingerprint density at radius 3 is 2.48 bits per heavy atom. The Labute approximate surface area is 185 Å². The molecule has 160 valence electrons. The van der Waals surface area contributed by atoms with Gasteiger partial charge in [0.2, 0.25) is 10.0 Å². The molecule has 0 aliphatic rings. The van der Waals surface area contributed by atoms with E-state index in [0.29, 0.717) is 29.9 Å². The summed E-state index contributed by atoms with van der Waals surface area (Å²) in [7, 11) is -2.49. The number of sulfonamides is 1. The van der Waals surface area contributed by atoms with Crippen LogP contribution in [-0.4, -0.2) is 25.3 Å². The van der Waals surface area contributed by atoms with E-state index in [2.05, 4.69) is 0 Å². The van der Waals surface area contributed by atoms with E-state index in [4.69, 9.17) is 32.3 Å². The summed E-state index contributed by atoms with van der Waals surface area (Å²) in [5.41, 5.74) is 9.19. The van der Waals surface area contributed by atoms with Gasteiger partial charge >= 0.3 is 0 Å². The molecule has 3 aromatic carbocycles. The third-order valence-corrected chi connectivity index (χ3v) is 6.31. The van der Waals surface area contributed by atoms with Gasteiger partial charge in [-0.3, -0.25) is 4.68 Å². The maximum absolute atomic E-state index is 12.3. The lowest BCUT2D eigenvalue weighted by molar-refractivity contribution is 0.420. The summed E-state index contributed by atoms with van der Waals surface area (Å²) in [4.78, 5) is -0.0948. The van der Waals surface area contributed by atoms with Gasteiger partial charge in [-0.15, -0.1) is 0 Å². The van der Waals surface area contributed by atoms with Crippen LogP contribution in [0.25, 0.3) is 22.2 Å². The molecule has 7 nitrogen and oxygen atoms in total. The van der Waals surface area contributed by atoms with Gasteiger partial charge in [0.05, 0.1) is 34.5 Å². The topological polar surface area (TPSA) is 113 Å². The third kappa shape index (κ3) is 4.03. The molecule has 4 N–H and O–H groups in total. The maximum atomic E-state index is 12.3. The van der Waals surface area contributed by atoms with Crippen molar-refractivity contribution in [3.05, 3.63) is 76.8 Å². The minimum atomic E-state index is -4.04. The van der Waals surface area contributed by atoms with Crippen LogP contribution in [-0.2, 0) is 23.1 Å². The highest BCUT2D eigenvalue weighted by Crippen LogP contribution is 2.40. The van der Waals surface area contributed by atoms with E-state index in [1.165, 1.54) is 6.07 Å². The van der Waals surface area contributed by atoms with Crippen molar-refractivity contribution in [2.45, 2.75) is 18.0 Å². The number of ether oxygens (including phenoxy) is 1. The summed E-state index contributed by atoms with van der Waals surface area (Å²) >= 11 is 6.45. The minimum Gasteiger partial charge on any atom is -0.496 e. The van der Waals surface area contributed by atoms with Gasteiger partial charge in [-0.05, 0) is 35.4 Å². The highest BCUT2D eigenvalue weighted by Gasteiger charge is 2.25. The van der Waals surface area contributed by atoms with E-state index in [1.807, 2.05) is 36.4 Å². The van der Waals surface area contributed by atoms with Crippen LogP contribution < -0.4 is 15.6 Å². The molecule has 0 saturated heterocycles. The zero-order valence-electron chi connectivity index (χ0n) is 16.7. The van der Waals surface area contributed by atoms with Gasteiger partial charge in [0.15, 0.2) is 0 Å². The molecule has 0 saturated carbocycles. The fourth-order valence-electron chi connectivity index (χ4n) is 3.66. The number of rotatable bonds is 6. The van der Waals surface area contributed by atoms with Crippen molar-refractivity contribution in [3.8, 4) is 17.0 Å². The molecule has 0 bridgehead atoms. The fourth-order valence-corrected chi connectivity index (χ4v) is 4.74. The first-order valence-electron chi connectivity index (χ1n) is 9.46. The lowest BCUT2D eigenvalue weighted by atomic mass is 10.1. The smallest absolute Gasteiger partial charge is 0.238 e. The molecule has 4 aromatic rings. The van der Waals surface area contributed by atoms with Crippen LogP contribution >= 0.6 is 11.6 Å². The normalized spacial score (nSPS) is 11.7. The molecule has 4 rings (SSSR count). The van der Waals surface area contributed by atoms with E-state index < -0.39 is 10.0 Å². The van der Waals surface area contributed by atoms with Gasteiger partial charge in [0.1, 0.15) is 11.4 Å². The van der Waals surface area contributed by atoms with Crippen LogP contribution in [0.5, 0.6) is 5.75 Å². The Bertz CT molecular complexity index is 1380. The first kappa shape index (κ1) is 21.3. The third-order valence-electron chi connectivity index (χ3n) is 5.04. The molecule has 0 amide bonds. The van der Waals surface area contributed by atoms with E-state index in [9.17, 15) is 8.42 Å². The number of nitrogens with two attached hydrogens (primary N) is 2. The molecule has 1 heterocycles. The van der Waals surface area contributed by atoms with Crippen LogP contribution in [0.1, 0.15) is 11.1 Å². The maximum Gasteiger partial charge on any atom is 0.238 e. The van der Waals surface area contributed by atoms with Crippen molar-refractivity contribution in [3.63, 3.8) is 0 Å². The first-order valence-corrected chi connectivity index (χ1v) is 11.4. The van der Waals surface area contributed by atoms with Gasteiger partial charge in [-0.25, -0.2) is 13.6 Å². The van der Waals surface area contributed by atoms with Gasteiger partial charge in [-0.2, -0.15) is 5.10 Å². The van der Waals surface area contributed by atoms with Crippen molar-refractivity contribution >= 4 is 32.5 Å². The van der Waals surface area contributed by atoms with Crippen molar-refractivity contribution in [2.24, 2.45) is 10.9 Å². The van der Waals surface area contributed by atoms with Crippen LogP contribution in [0.3, 0.4) is 0 Å². The number of fused-ring (bicyclic) bond motifs is 1. The predicted octanol–water partition coefficient (Wildman–Crippen LogP) is 3.52. The summed E-state index contributed by atoms with van der Waals surface area (Å²) in [5, 5.41) is 11.1. The number of primary sulfonamides is 1. The van der Waals surface area contributed by atoms with E-state index in [-0.39, 0.29) is 15.5 Å². The Hall–Kier alpha value is -2.91. The van der Waals surface area contributed by atoms with Crippen LogP contribution in [0.4, 0.5) is 0 Å². The quantitative estimate of drug-likeness (QED) is 0.460.